The van der Waals surface area contributed by atoms with E-state index >= 15 is 0 Å². The molecule has 1 atom stereocenters. The predicted octanol–water partition coefficient (Wildman–Crippen LogP) is 2.58. The van der Waals surface area contributed by atoms with Crippen LogP contribution in [-0.2, 0) is 25.5 Å². The summed E-state index contributed by atoms with van der Waals surface area (Å²) in [5.74, 6) is -3.29. The minimum Gasteiger partial charge on any atom is -0.466 e. The van der Waals surface area contributed by atoms with Crippen LogP contribution in [0.3, 0.4) is 0 Å². The first-order valence-corrected chi connectivity index (χ1v) is 7.86. The van der Waals surface area contributed by atoms with E-state index in [0.29, 0.717) is 11.4 Å². The number of rotatable bonds is 4. The quantitative estimate of drug-likeness (QED) is 0.829. The van der Waals surface area contributed by atoms with Gasteiger partial charge in [0.1, 0.15) is 12.4 Å². The Labute approximate surface area is 147 Å². The predicted molar refractivity (Wildman–Crippen MR) is 84.7 cm³/mol. The van der Waals surface area contributed by atoms with Crippen molar-refractivity contribution in [3.05, 3.63) is 57.7 Å². The van der Waals surface area contributed by atoms with Crippen LogP contribution >= 0.6 is 0 Å². The first-order chi connectivity index (χ1) is 12.3. The third-order valence-electron chi connectivity index (χ3n) is 4.44. The van der Waals surface area contributed by atoms with Gasteiger partial charge in [-0.3, -0.25) is 0 Å². The standard InChI is InChI=1S/C18H16F3NO4/c1-8-14(17(23)25-2)15(16-12(22-8)7-26-18(16)24)9-4-3-5-11(19)10(9)6-13(20)21/h3-5,13,15,22H,6-7H2,1-2H3/t15-/m0/s1. The van der Waals surface area contributed by atoms with Crippen molar-refractivity contribution in [3.8, 4) is 0 Å². The molecule has 0 bridgehead atoms. The van der Waals surface area contributed by atoms with Gasteiger partial charge in [-0.05, 0) is 24.1 Å². The number of allylic oxidation sites excluding steroid dienone is 1. The Kier molecular flexibility index (Phi) is 4.76. The fourth-order valence-corrected chi connectivity index (χ4v) is 3.37. The number of esters is 2. The van der Waals surface area contributed by atoms with Crippen LogP contribution in [-0.4, -0.2) is 32.1 Å². The molecule has 138 valence electrons. The molecule has 2 aliphatic heterocycles. The van der Waals surface area contributed by atoms with Crippen molar-refractivity contribution >= 4 is 11.9 Å². The monoisotopic (exact) mass is 367 g/mol. The van der Waals surface area contributed by atoms with Crippen molar-refractivity contribution in [2.24, 2.45) is 0 Å². The van der Waals surface area contributed by atoms with Crippen LogP contribution in [0.15, 0.2) is 40.7 Å². The number of carbonyl (C=O) groups is 2. The Bertz CT molecular complexity index is 845. The summed E-state index contributed by atoms with van der Waals surface area (Å²) in [5.41, 5.74) is 0.875. The first-order valence-electron chi connectivity index (χ1n) is 7.86. The molecule has 0 spiro atoms. The number of carbonyl (C=O) groups excluding carboxylic acids is 2. The maximum atomic E-state index is 14.3. The number of hydrogen-bond acceptors (Lipinski definition) is 5. The Hall–Kier alpha value is -2.77. The van der Waals surface area contributed by atoms with Crippen molar-refractivity contribution in [3.63, 3.8) is 0 Å². The average Bonchev–Trinajstić information content (AvgIpc) is 2.95. The molecule has 8 heteroatoms. The molecule has 0 saturated heterocycles. The lowest BCUT2D eigenvalue weighted by atomic mass is 9.78. The molecule has 0 fully saturated rings. The van der Waals surface area contributed by atoms with Gasteiger partial charge in [-0.15, -0.1) is 0 Å². The van der Waals surface area contributed by atoms with E-state index < -0.39 is 36.5 Å². The number of methoxy groups -OCH3 is 1. The largest absolute Gasteiger partial charge is 0.466 e. The normalized spacial score (nSPS) is 19.5. The third kappa shape index (κ3) is 2.95. The van der Waals surface area contributed by atoms with E-state index in [4.69, 9.17) is 9.47 Å². The minimum absolute atomic E-state index is 0.0318. The lowest BCUT2D eigenvalue weighted by molar-refractivity contribution is -0.136. The zero-order chi connectivity index (χ0) is 19.0. The molecular formula is C18H16F3NO4. The van der Waals surface area contributed by atoms with Gasteiger partial charge in [-0.25, -0.2) is 22.8 Å². The molecule has 1 aromatic rings. The van der Waals surface area contributed by atoms with Gasteiger partial charge in [-0.1, -0.05) is 12.1 Å². The lowest BCUT2D eigenvalue weighted by Gasteiger charge is -2.28. The Morgan fingerprint density at radius 3 is 2.81 bits per heavy atom. The number of dihydropyridines is 1. The Morgan fingerprint density at radius 1 is 1.42 bits per heavy atom. The van der Waals surface area contributed by atoms with Gasteiger partial charge >= 0.3 is 11.9 Å². The van der Waals surface area contributed by atoms with Gasteiger partial charge in [0, 0.05) is 12.1 Å². The number of alkyl halides is 2. The molecular weight excluding hydrogens is 351 g/mol. The smallest absolute Gasteiger partial charge is 0.337 e. The van der Waals surface area contributed by atoms with E-state index in [0.717, 1.165) is 6.07 Å². The molecule has 2 aliphatic rings. The molecule has 0 aromatic heterocycles. The molecule has 1 aromatic carbocycles. The maximum Gasteiger partial charge on any atom is 0.337 e. The maximum absolute atomic E-state index is 14.3. The van der Waals surface area contributed by atoms with Crippen molar-refractivity contribution in [1.29, 1.82) is 0 Å². The fraction of sp³-hybridized carbons (Fsp3) is 0.333. The molecule has 0 radical (unpaired) electrons. The summed E-state index contributed by atoms with van der Waals surface area (Å²) in [5, 5.41) is 2.92. The summed E-state index contributed by atoms with van der Waals surface area (Å²) >= 11 is 0. The van der Waals surface area contributed by atoms with Crippen molar-refractivity contribution < 1.29 is 32.2 Å². The van der Waals surface area contributed by atoms with Crippen LogP contribution in [0.5, 0.6) is 0 Å². The zero-order valence-electron chi connectivity index (χ0n) is 14.1. The van der Waals surface area contributed by atoms with Gasteiger partial charge in [0.25, 0.3) is 0 Å². The second kappa shape index (κ2) is 6.86. The molecule has 1 N–H and O–H groups in total. The van der Waals surface area contributed by atoms with E-state index in [1.54, 1.807) is 6.92 Å². The average molecular weight is 367 g/mol. The summed E-state index contributed by atoms with van der Waals surface area (Å²) in [4.78, 5) is 24.6. The second-order valence-corrected chi connectivity index (χ2v) is 5.96. The number of halogens is 3. The molecule has 3 rings (SSSR count). The Morgan fingerprint density at radius 2 is 2.15 bits per heavy atom. The van der Waals surface area contributed by atoms with Crippen molar-refractivity contribution in [2.45, 2.75) is 25.7 Å². The van der Waals surface area contributed by atoms with Gasteiger partial charge in [0.2, 0.25) is 6.43 Å². The third-order valence-corrected chi connectivity index (χ3v) is 4.44. The lowest BCUT2D eigenvalue weighted by Crippen LogP contribution is -2.30. The molecule has 5 nitrogen and oxygen atoms in total. The van der Waals surface area contributed by atoms with Gasteiger partial charge in [-0.2, -0.15) is 0 Å². The zero-order valence-corrected chi connectivity index (χ0v) is 14.1. The number of hydrogen-bond donors (Lipinski definition) is 1. The molecule has 0 unspecified atom stereocenters. The molecule has 0 aliphatic carbocycles. The van der Waals surface area contributed by atoms with E-state index in [9.17, 15) is 22.8 Å². The number of ether oxygens (including phenoxy) is 2. The van der Waals surface area contributed by atoms with Crippen LogP contribution in [0.4, 0.5) is 13.2 Å². The highest BCUT2D eigenvalue weighted by atomic mass is 19.3. The van der Waals surface area contributed by atoms with Crippen LogP contribution in [0.25, 0.3) is 0 Å². The number of cyclic esters (lactones) is 1. The highest BCUT2D eigenvalue weighted by Gasteiger charge is 2.42. The van der Waals surface area contributed by atoms with Crippen molar-refractivity contribution in [1.82, 2.24) is 5.32 Å². The van der Waals surface area contributed by atoms with E-state index in [1.165, 1.54) is 19.2 Å². The number of nitrogens with one attached hydrogen (secondary N) is 1. The summed E-state index contributed by atoms with van der Waals surface area (Å²) in [6.07, 6.45) is -3.63. The fourth-order valence-electron chi connectivity index (χ4n) is 3.37. The van der Waals surface area contributed by atoms with Crippen LogP contribution in [0.2, 0.25) is 0 Å². The first kappa shape index (κ1) is 18.0. The van der Waals surface area contributed by atoms with E-state index in [1.807, 2.05) is 0 Å². The molecule has 26 heavy (non-hydrogen) atoms. The summed E-state index contributed by atoms with van der Waals surface area (Å²) in [7, 11) is 1.17. The molecule has 0 amide bonds. The van der Waals surface area contributed by atoms with Gasteiger partial charge in [0.05, 0.1) is 29.9 Å². The summed E-state index contributed by atoms with van der Waals surface area (Å²) in [6.45, 7) is 1.56. The van der Waals surface area contributed by atoms with Crippen LogP contribution in [0, 0.1) is 5.82 Å². The minimum atomic E-state index is -2.79. The van der Waals surface area contributed by atoms with Crippen LogP contribution in [0.1, 0.15) is 24.0 Å². The van der Waals surface area contributed by atoms with E-state index in [-0.39, 0.29) is 28.9 Å². The SMILES string of the molecule is COC(=O)C1=C(C)NC2=C(C(=O)OC2)[C@H]1c1cccc(F)c1CC(F)F. The van der Waals surface area contributed by atoms with Crippen LogP contribution < -0.4 is 5.32 Å². The molecule has 0 saturated carbocycles. The van der Waals surface area contributed by atoms with Gasteiger partial charge < -0.3 is 14.8 Å². The summed E-state index contributed by atoms with van der Waals surface area (Å²) in [6, 6.07) is 3.86. The van der Waals surface area contributed by atoms with Crippen molar-refractivity contribution in [2.75, 3.05) is 13.7 Å². The van der Waals surface area contributed by atoms with Gasteiger partial charge in [0.15, 0.2) is 0 Å². The second-order valence-electron chi connectivity index (χ2n) is 5.96. The Balaban J connectivity index is 2.24. The highest BCUT2D eigenvalue weighted by Crippen LogP contribution is 2.43. The topological polar surface area (TPSA) is 64.6 Å². The molecule has 2 heterocycles. The summed E-state index contributed by atoms with van der Waals surface area (Å²) < 4.78 is 50.1. The highest BCUT2D eigenvalue weighted by molar-refractivity contribution is 6.01. The van der Waals surface area contributed by atoms with E-state index in [2.05, 4.69) is 5.32 Å². The number of benzene rings is 1.